The first kappa shape index (κ1) is 18.2. The van der Waals surface area contributed by atoms with Crippen LogP contribution in [0.25, 0.3) is 16.8 Å². The predicted octanol–water partition coefficient (Wildman–Crippen LogP) is 1.58. The molecule has 2 fully saturated rings. The highest BCUT2D eigenvalue weighted by Crippen LogP contribution is 2.47. The van der Waals surface area contributed by atoms with E-state index in [2.05, 4.69) is 35.1 Å². The number of likely N-dealkylation sites (tertiary alicyclic amines) is 1. The van der Waals surface area contributed by atoms with Crippen molar-refractivity contribution in [3.8, 4) is 17.0 Å². The molecular formula is C21H26N6O2. The molecule has 1 aliphatic carbocycles. The minimum atomic E-state index is -0.586. The number of aromatic nitrogens is 4. The molecule has 1 aliphatic heterocycles. The summed E-state index contributed by atoms with van der Waals surface area (Å²) in [7, 11) is 4.04. The van der Waals surface area contributed by atoms with E-state index in [4.69, 9.17) is 10.5 Å². The molecule has 2 N–H and O–H groups in total. The topological polar surface area (TPSA) is 90.7 Å². The Balaban J connectivity index is 1.50. The molecule has 0 aromatic carbocycles. The van der Waals surface area contributed by atoms with Crippen LogP contribution in [0, 0.1) is 5.92 Å². The number of amides is 1. The van der Waals surface area contributed by atoms with Gasteiger partial charge in [0.15, 0.2) is 5.75 Å². The van der Waals surface area contributed by atoms with Gasteiger partial charge in [-0.1, -0.05) is 6.92 Å². The van der Waals surface area contributed by atoms with E-state index in [1.54, 1.807) is 10.7 Å². The van der Waals surface area contributed by atoms with Crippen LogP contribution in [0.1, 0.15) is 25.5 Å². The van der Waals surface area contributed by atoms with Crippen molar-refractivity contribution in [2.75, 3.05) is 20.1 Å². The molecule has 3 aromatic heterocycles. The maximum absolute atomic E-state index is 11.9. The van der Waals surface area contributed by atoms with Gasteiger partial charge in [0.25, 0.3) is 0 Å². The highest BCUT2D eigenvalue weighted by Gasteiger charge is 2.52. The van der Waals surface area contributed by atoms with E-state index in [9.17, 15) is 4.79 Å². The van der Waals surface area contributed by atoms with E-state index >= 15 is 0 Å². The first-order chi connectivity index (χ1) is 13.9. The summed E-state index contributed by atoms with van der Waals surface area (Å²) in [5.41, 5.74) is 8.64. The summed E-state index contributed by atoms with van der Waals surface area (Å²) < 4.78 is 10.0. The van der Waals surface area contributed by atoms with Gasteiger partial charge in [-0.25, -0.2) is 4.52 Å². The van der Waals surface area contributed by atoms with Crippen molar-refractivity contribution in [1.82, 2.24) is 24.3 Å². The molecule has 2 atom stereocenters. The fourth-order valence-electron chi connectivity index (χ4n) is 4.45. The van der Waals surface area contributed by atoms with Gasteiger partial charge in [0.05, 0.1) is 22.8 Å². The van der Waals surface area contributed by atoms with Crippen molar-refractivity contribution in [1.29, 1.82) is 0 Å². The van der Waals surface area contributed by atoms with Crippen molar-refractivity contribution in [3.05, 3.63) is 36.3 Å². The number of hydrogen-bond donors (Lipinski definition) is 1. The second-order valence-electron chi connectivity index (χ2n) is 8.60. The second-order valence-corrected chi connectivity index (χ2v) is 8.60. The van der Waals surface area contributed by atoms with Gasteiger partial charge in [-0.3, -0.25) is 9.48 Å². The molecule has 0 radical (unpaired) electrons. The zero-order chi connectivity index (χ0) is 20.3. The number of fused-ring (bicyclic) bond motifs is 1. The van der Waals surface area contributed by atoms with Gasteiger partial charge in [0.1, 0.15) is 11.8 Å². The number of rotatable bonds is 5. The molecule has 8 heteroatoms. The number of hydrogen-bond acceptors (Lipinski definition) is 5. The number of aryl methyl sites for hydroxylation is 1. The van der Waals surface area contributed by atoms with Crippen molar-refractivity contribution in [3.63, 3.8) is 0 Å². The Kier molecular flexibility index (Phi) is 3.96. The van der Waals surface area contributed by atoms with Crippen LogP contribution in [0.3, 0.4) is 0 Å². The lowest BCUT2D eigenvalue weighted by atomic mass is 10.0. The van der Waals surface area contributed by atoms with Crippen LogP contribution in [0.4, 0.5) is 0 Å². The molecule has 3 aromatic rings. The van der Waals surface area contributed by atoms with Crippen LogP contribution in [0.2, 0.25) is 0 Å². The first-order valence-corrected chi connectivity index (χ1v) is 10.0. The quantitative estimate of drug-likeness (QED) is 0.710. The van der Waals surface area contributed by atoms with E-state index in [0.29, 0.717) is 5.92 Å². The first-order valence-electron chi connectivity index (χ1n) is 10.0. The number of carbonyl (C=O) groups excluding carboxylic acids is 1. The van der Waals surface area contributed by atoms with Crippen LogP contribution >= 0.6 is 0 Å². The predicted molar refractivity (Wildman–Crippen MR) is 109 cm³/mol. The number of primary amides is 1. The van der Waals surface area contributed by atoms with E-state index < -0.39 is 5.41 Å². The van der Waals surface area contributed by atoms with Crippen molar-refractivity contribution < 1.29 is 9.53 Å². The number of pyridine rings is 1. The molecule has 1 amide bonds. The smallest absolute Gasteiger partial charge is 0.229 e. The number of nitrogens with two attached hydrogens (primary N) is 1. The van der Waals surface area contributed by atoms with Crippen molar-refractivity contribution in [2.24, 2.45) is 18.7 Å². The lowest BCUT2D eigenvalue weighted by Crippen LogP contribution is -2.28. The molecule has 1 saturated carbocycles. The molecule has 8 nitrogen and oxygen atoms in total. The highest BCUT2D eigenvalue weighted by atomic mass is 16.5. The van der Waals surface area contributed by atoms with Gasteiger partial charge in [-0.2, -0.15) is 10.2 Å². The van der Waals surface area contributed by atoms with Crippen LogP contribution < -0.4 is 10.5 Å². The van der Waals surface area contributed by atoms with E-state index in [1.165, 1.54) is 0 Å². The zero-order valence-corrected chi connectivity index (χ0v) is 17.0. The average Bonchev–Trinajstić information content (AvgIpc) is 3.12. The van der Waals surface area contributed by atoms with Crippen molar-refractivity contribution >= 4 is 11.4 Å². The summed E-state index contributed by atoms with van der Waals surface area (Å²) in [6, 6.07) is 6.02. The van der Waals surface area contributed by atoms with Gasteiger partial charge in [0.2, 0.25) is 5.91 Å². The normalized spacial score (nSPS) is 23.6. The third kappa shape index (κ3) is 2.90. The molecule has 4 heterocycles. The van der Waals surface area contributed by atoms with Gasteiger partial charge in [-0.15, -0.1) is 0 Å². The third-order valence-electron chi connectivity index (χ3n) is 6.36. The van der Waals surface area contributed by atoms with Crippen LogP contribution in [-0.2, 0) is 17.3 Å². The van der Waals surface area contributed by atoms with E-state index in [1.807, 2.05) is 30.1 Å². The third-order valence-corrected chi connectivity index (χ3v) is 6.36. The summed E-state index contributed by atoms with van der Waals surface area (Å²) in [5, 5.41) is 9.02. The number of ether oxygens (including phenoxy) is 1. The zero-order valence-electron chi connectivity index (χ0n) is 17.0. The monoisotopic (exact) mass is 394 g/mol. The largest absolute Gasteiger partial charge is 0.485 e. The summed E-state index contributed by atoms with van der Waals surface area (Å²) >= 11 is 0. The molecule has 2 unspecified atom stereocenters. The highest BCUT2D eigenvalue weighted by molar-refractivity contribution is 5.89. The maximum atomic E-state index is 11.9. The van der Waals surface area contributed by atoms with Crippen LogP contribution in [-0.4, -0.2) is 56.4 Å². The summed E-state index contributed by atoms with van der Waals surface area (Å²) in [4.78, 5) is 14.1. The lowest BCUT2D eigenvalue weighted by molar-refractivity contribution is -0.120. The fourth-order valence-corrected chi connectivity index (χ4v) is 4.45. The Morgan fingerprint density at radius 1 is 1.28 bits per heavy atom. The van der Waals surface area contributed by atoms with E-state index in [0.717, 1.165) is 54.1 Å². The Bertz CT molecular complexity index is 1100. The van der Waals surface area contributed by atoms with Gasteiger partial charge in [-0.05, 0) is 38.1 Å². The Morgan fingerprint density at radius 3 is 2.72 bits per heavy atom. The summed E-state index contributed by atoms with van der Waals surface area (Å²) in [5.74, 6) is 0.968. The van der Waals surface area contributed by atoms with Gasteiger partial charge >= 0.3 is 0 Å². The van der Waals surface area contributed by atoms with Gasteiger partial charge in [0, 0.05) is 37.8 Å². The molecule has 0 spiro atoms. The molecule has 29 heavy (non-hydrogen) atoms. The maximum Gasteiger partial charge on any atom is 0.229 e. The summed E-state index contributed by atoms with van der Waals surface area (Å²) in [6.45, 7) is 4.17. The standard InChI is InChI=1S/C21H26N6O2/c1-13-11-25(2)12-17(13)29-16-10-23-26(3)19(16)14-4-7-27-15(8-14)9-18(24-27)21(5-6-21)20(22)28/h4,7-10,13,17H,5-6,11-12H2,1-3H3,(H2,22,28). The molecule has 2 aliphatic rings. The number of nitrogens with zero attached hydrogens (tertiary/aromatic N) is 5. The van der Waals surface area contributed by atoms with E-state index in [-0.39, 0.29) is 12.0 Å². The van der Waals surface area contributed by atoms with Gasteiger partial charge < -0.3 is 15.4 Å². The Morgan fingerprint density at radius 2 is 2.07 bits per heavy atom. The minimum absolute atomic E-state index is 0.151. The van der Waals surface area contributed by atoms with Crippen LogP contribution in [0.5, 0.6) is 5.75 Å². The fraction of sp³-hybridized carbons (Fsp3) is 0.476. The molecule has 152 valence electrons. The molecular weight excluding hydrogens is 368 g/mol. The van der Waals surface area contributed by atoms with Crippen molar-refractivity contribution in [2.45, 2.75) is 31.3 Å². The SMILES string of the molecule is CC1CN(C)CC1Oc1cnn(C)c1-c1ccn2nc(C3(C(N)=O)CC3)cc2c1. The van der Waals surface area contributed by atoms with Crippen LogP contribution in [0.15, 0.2) is 30.6 Å². The second kappa shape index (κ2) is 6.32. The molecule has 0 bridgehead atoms. The molecule has 5 rings (SSSR count). The average molecular weight is 394 g/mol. The Labute approximate surface area is 169 Å². The summed E-state index contributed by atoms with van der Waals surface area (Å²) in [6.07, 6.45) is 5.39. The number of likely N-dealkylation sites (N-methyl/N-ethyl adjacent to an activating group) is 1. The molecule has 1 saturated heterocycles. The lowest BCUT2D eigenvalue weighted by Gasteiger charge is -2.17. The Hall–Kier alpha value is -2.87. The minimum Gasteiger partial charge on any atom is -0.485 e. The number of carbonyl (C=O) groups is 1.